The van der Waals surface area contributed by atoms with Crippen molar-refractivity contribution in [1.82, 2.24) is 4.98 Å². The first-order chi connectivity index (χ1) is 13.1. The molecule has 0 aliphatic rings. The van der Waals surface area contributed by atoms with Gasteiger partial charge >= 0.3 is 0 Å². The molecule has 3 aromatic carbocycles. The molecule has 4 aromatic rings. The van der Waals surface area contributed by atoms with Crippen LogP contribution in [-0.2, 0) is 0 Å². The van der Waals surface area contributed by atoms with Gasteiger partial charge in [0.25, 0.3) is 11.6 Å². The first-order valence-corrected chi connectivity index (χ1v) is 8.12. The largest absolute Gasteiger partial charge is 0.436 e. The van der Waals surface area contributed by atoms with E-state index in [4.69, 9.17) is 4.42 Å². The molecule has 0 saturated carbocycles. The number of oxazole rings is 1. The number of hydrogen-bond acceptors (Lipinski definition) is 5. The first kappa shape index (κ1) is 16.5. The molecule has 0 atom stereocenters. The molecule has 0 unspecified atom stereocenters. The van der Waals surface area contributed by atoms with Gasteiger partial charge in [0.15, 0.2) is 5.58 Å². The molecule has 1 amide bonds. The fourth-order valence-corrected chi connectivity index (χ4v) is 2.71. The highest BCUT2D eigenvalue weighted by Crippen LogP contribution is 2.31. The number of benzene rings is 3. The zero-order chi connectivity index (χ0) is 18.8. The highest BCUT2D eigenvalue weighted by molar-refractivity contribution is 6.06. The summed E-state index contributed by atoms with van der Waals surface area (Å²) in [7, 11) is 0. The molecule has 1 aromatic heterocycles. The first-order valence-electron chi connectivity index (χ1n) is 8.12. The van der Waals surface area contributed by atoms with Crippen molar-refractivity contribution >= 4 is 28.4 Å². The summed E-state index contributed by atoms with van der Waals surface area (Å²) in [5, 5.41) is 13.8. The predicted molar refractivity (Wildman–Crippen MR) is 100 cm³/mol. The number of fused-ring (bicyclic) bond motifs is 1. The van der Waals surface area contributed by atoms with E-state index in [0.717, 1.165) is 0 Å². The fourth-order valence-electron chi connectivity index (χ4n) is 2.71. The maximum atomic E-state index is 12.5. The summed E-state index contributed by atoms with van der Waals surface area (Å²) < 4.78 is 5.73. The number of rotatable bonds is 4. The molecule has 1 heterocycles. The number of hydrogen-bond donors (Lipinski definition) is 1. The van der Waals surface area contributed by atoms with E-state index in [1.807, 2.05) is 6.07 Å². The molecule has 132 valence electrons. The Hall–Kier alpha value is -4.00. The van der Waals surface area contributed by atoms with Crippen LogP contribution in [0, 0.1) is 10.1 Å². The maximum absolute atomic E-state index is 12.5. The van der Waals surface area contributed by atoms with Crippen molar-refractivity contribution in [2.75, 3.05) is 5.32 Å². The number of aromatic nitrogens is 1. The molecule has 27 heavy (non-hydrogen) atoms. The van der Waals surface area contributed by atoms with Gasteiger partial charge in [-0.05, 0) is 30.3 Å². The average molecular weight is 359 g/mol. The second-order valence-corrected chi connectivity index (χ2v) is 5.79. The predicted octanol–water partition coefficient (Wildman–Crippen LogP) is 4.66. The van der Waals surface area contributed by atoms with E-state index in [2.05, 4.69) is 10.3 Å². The molecule has 0 aliphatic heterocycles. The van der Waals surface area contributed by atoms with Crippen molar-refractivity contribution in [2.24, 2.45) is 0 Å². The quantitative estimate of drug-likeness (QED) is 0.422. The summed E-state index contributed by atoms with van der Waals surface area (Å²) in [5.41, 5.74) is 2.39. The van der Waals surface area contributed by atoms with Gasteiger partial charge in [-0.15, -0.1) is 0 Å². The highest BCUT2D eigenvalue weighted by Gasteiger charge is 2.16. The lowest BCUT2D eigenvalue weighted by Gasteiger charge is -2.08. The highest BCUT2D eigenvalue weighted by atomic mass is 16.6. The second kappa shape index (κ2) is 6.72. The van der Waals surface area contributed by atoms with Gasteiger partial charge in [-0.2, -0.15) is 0 Å². The number of carbonyl (C=O) groups is 1. The van der Waals surface area contributed by atoms with Crippen LogP contribution < -0.4 is 5.32 Å². The van der Waals surface area contributed by atoms with Crippen molar-refractivity contribution in [2.45, 2.75) is 0 Å². The number of nitro benzene ring substituents is 1. The lowest BCUT2D eigenvalue weighted by atomic mass is 10.1. The Kier molecular flexibility index (Phi) is 4.10. The Morgan fingerprint density at radius 2 is 1.74 bits per heavy atom. The Balaban J connectivity index is 1.71. The van der Waals surface area contributed by atoms with Crippen LogP contribution in [0.3, 0.4) is 0 Å². The van der Waals surface area contributed by atoms with Gasteiger partial charge in [0.1, 0.15) is 5.52 Å². The number of anilines is 1. The van der Waals surface area contributed by atoms with Gasteiger partial charge in [0.2, 0.25) is 5.89 Å². The number of nitro groups is 1. The SMILES string of the molecule is O=C(Nc1ccccc1-c1nc2cc([N+](=O)[O-])ccc2o1)c1ccccc1. The van der Waals surface area contributed by atoms with Crippen molar-refractivity contribution in [1.29, 1.82) is 0 Å². The third-order valence-electron chi connectivity index (χ3n) is 4.02. The van der Waals surface area contributed by atoms with Crippen molar-refractivity contribution in [3.63, 3.8) is 0 Å². The normalized spacial score (nSPS) is 10.7. The van der Waals surface area contributed by atoms with E-state index in [1.165, 1.54) is 18.2 Å². The van der Waals surface area contributed by atoms with Crippen LogP contribution in [0.4, 0.5) is 11.4 Å². The molecule has 0 spiro atoms. The van der Waals surface area contributed by atoms with Crippen molar-refractivity contribution in [3.05, 3.63) is 88.5 Å². The van der Waals surface area contributed by atoms with Crippen LogP contribution in [0.25, 0.3) is 22.6 Å². The number of amides is 1. The van der Waals surface area contributed by atoms with Gasteiger partial charge in [0, 0.05) is 17.7 Å². The number of nitrogens with one attached hydrogen (secondary N) is 1. The summed E-state index contributed by atoms with van der Waals surface area (Å²) in [6, 6.07) is 20.2. The van der Waals surface area contributed by atoms with E-state index in [1.54, 1.807) is 48.5 Å². The monoisotopic (exact) mass is 359 g/mol. The molecule has 0 radical (unpaired) electrons. The lowest BCUT2D eigenvalue weighted by Crippen LogP contribution is -2.12. The molecule has 7 nitrogen and oxygen atoms in total. The smallest absolute Gasteiger partial charge is 0.271 e. The number of non-ortho nitro benzene ring substituents is 1. The molecule has 0 bridgehead atoms. The molecule has 7 heteroatoms. The van der Waals surface area contributed by atoms with E-state index in [9.17, 15) is 14.9 Å². The molecule has 0 aliphatic carbocycles. The third-order valence-corrected chi connectivity index (χ3v) is 4.02. The van der Waals surface area contributed by atoms with Gasteiger partial charge in [-0.1, -0.05) is 30.3 Å². The molecular weight excluding hydrogens is 346 g/mol. The van der Waals surface area contributed by atoms with Crippen LogP contribution in [0.2, 0.25) is 0 Å². The van der Waals surface area contributed by atoms with Crippen molar-refractivity contribution in [3.8, 4) is 11.5 Å². The van der Waals surface area contributed by atoms with E-state index in [-0.39, 0.29) is 17.5 Å². The Bertz CT molecular complexity index is 1150. The van der Waals surface area contributed by atoms with Gasteiger partial charge in [-0.25, -0.2) is 4.98 Å². The lowest BCUT2D eigenvalue weighted by molar-refractivity contribution is -0.384. The van der Waals surface area contributed by atoms with E-state index >= 15 is 0 Å². The molecular formula is C20H13N3O4. The summed E-state index contributed by atoms with van der Waals surface area (Å²) in [6.45, 7) is 0. The van der Waals surface area contributed by atoms with Crippen LogP contribution in [0.15, 0.2) is 77.2 Å². The summed E-state index contributed by atoms with van der Waals surface area (Å²) in [4.78, 5) is 27.2. The molecule has 4 rings (SSSR count). The summed E-state index contributed by atoms with van der Waals surface area (Å²) in [5.74, 6) is 0.0178. The summed E-state index contributed by atoms with van der Waals surface area (Å²) in [6.07, 6.45) is 0. The zero-order valence-electron chi connectivity index (χ0n) is 14.0. The second-order valence-electron chi connectivity index (χ2n) is 5.79. The van der Waals surface area contributed by atoms with Gasteiger partial charge in [-0.3, -0.25) is 14.9 Å². The number of nitrogens with zero attached hydrogens (tertiary/aromatic N) is 2. The van der Waals surface area contributed by atoms with Gasteiger partial charge in [0.05, 0.1) is 16.2 Å². The van der Waals surface area contributed by atoms with E-state index in [0.29, 0.717) is 27.9 Å². The molecule has 1 N–H and O–H groups in total. The number of carbonyl (C=O) groups excluding carboxylic acids is 1. The standard InChI is InChI=1S/C20H13N3O4/c24-19(13-6-2-1-3-7-13)21-16-9-5-4-8-15(16)20-22-17-12-14(23(25)26)10-11-18(17)27-20/h1-12H,(H,21,24). The number of para-hydroxylation sites is 1. The Morgan fingerprint density at radius 3 is 2.52 bits per heavy atom. The van der Waals surface area contributed by atoms with Crippen LogP contribution in [0.5, 0.6) is 0 Å². The maximum Gasteiger partial charge on any atom is 0.271 e. The zero-order valence-corrected chi connectivity index (χ0v) is 14.0. The minimum absolute atomic E-state index is 0.0620. The van der Waals surface area contributed by atoms with Crippen LogP contribution in [-0.4, -0.2) is 15.8 Å². The Labute approximate surface area is 153 Å². The van der Waals surface area contributed by atoms with Crippen LogP contribution >= 0.6 is 0 Å². The summed E-state index contributed by atoms with van der Waals surface area (Å²) >= 11 is 0. The molecule has 0 saturated heterocycles. The fraction of sp³-hybridized carbons (Fsp3) is 0. The van der Waals surface area contributed by atoms with Crippen molar-refractivity contribution < 1.29 is 14.1 Å². The van der Waals surface area contributed by atoms with Gasteiger partial charge < -0.3 is 9.73 Å². The van der Waals surface area contributed by atoms with Crippen LogP contribution in [0.1, 0.15) is 10.4 Å². The molecule has 0 fully saturated rings. The average Bonchev–Trinajstić information content (AvgIpc) is 3.12. The topological polar surface area (TPSA) is 98.3 Å². The third kappa shape index (κ3) is 3.25. The Morgan fingerprint density at radius 1 is 1.00 bits per heavy atom. The minimum atomic E-state index is -0.484. The minimum Gasteiger partial charge on any atom is -0.436 e. The van der Waals surface area contributed by atoms with E-state index < -0.39 is 4.92 Å².